The van der Waals surface area contributed by atoms with Gasteiger partial charge in [0.1, 0.15) is 0 Å². The van der Waals surface area contributed by atoms with E-state index in [1.54, 1.807) is 4.90 Å². The number of rotatable bonds is 3. The zero-order valence-electron chi connectivity index (χ0n) is 18.2. The van der Waals surface area contributed by atoms with Crippen molar-refractivity contribution in [2.75, 3.05) is 33.3 Å². The molecule has 0 bridgehead atoms. The van der Waals surface area contributed by atoms with E-state index < -0.39 is 0 Å². The van der Waals surface area contributed by atoms with Crippen molar-refractivity contribution >= 4 is 23.1 Å². The summed E-state index contributed by atoms with van der Waals surface area (Å²) < 4.78 is 10.4. The van der Waals surface area contributed by atoms with Gasteiger partial charge in [0.15, 0.2) is 0 Å². The van der Waals surface area contributed by atoms with E-state index >= 15 is 0 Å². The smallest absolute Gasteiger partial charge is 0.409 e. The maximum atomic E-state index is 13.6. The van der Waals surface area contributed by atoms with Gasteiger partial charge in [0.05, 0.1) is 23.8 Å². The number of carbonyl (C=O) groups is 2. The Bertz CT molecular complexity index is 958. The van der Waals surface area contributed by atoms with Gasteiger partial charge >= 0.3 is 6.09 Å². The van der Waals surface area contributed by atoms with Gasteiger partial charge in [-0.1, -0.05) is 25.9 Å². The predicted molar refractivity (Wildman–Crippen MR) is 111 cm³/mol. The summed E-state index contributed by atoms with van der Waals surface area (Å²) in [6, 6.07) is 1.94. The Hall–Kier alpha value is -2.64. The number of pyridine rings is 1. The van der Waals surface area contributed by atoms with Crippen molar-refractivity contribution < 1.29 is 18.8 Å². The normalized spacial score (nSPS) is 17.9. The number of aromatic nitrogens is 2. The van der Waals surface area contributed by atoms with Crippen molar-refractivity contribution in [1.29, 1.82) is 0 Å². The van der Waals surface area contributed by atoms with Crippen molar-refractivity contribution in [1.82, 2.24) is 19.9 Å². The summed E-state index contributed by atoms with van der Waals surface area (Å²) in [4.78, 5) is 33.6. The molecule has 2 aromatic rings. The van der Waals surface area contributed by atoms with Crippen LogP contribution < -0.4 is 0 Å². The number of fused-ring (bicyclic) bond motifs is 1. The van der Waals surface area contributed by atoms with E-state index in [9.17, 15) is 9.59 Å². The summed E-state index contributed by atoms with van der Waals surface area (Å²) in [6.07, 6.45) is 3.24. The number of amides is 2. The molecule has 0 aromatic carbocycles. The molecule has 2 fully saturated rings. The van der Waals surface area contributed by atoms with Crippen LogP contribution in [0.5, 0.6) is 0 Å². The summed E-state index contributed by atoms with van der Waals surface area (Å²) in [5.74, 6) is 0.352. The van der Waals surface area contributed by atoms with Gasteiger partial charge in [-0.05, 0) is 37.2 Å². The highest BCUT2D eigenvalue weighted by atomic mass is 16.5. The third kappa shape index (κ3) is 4.27. The van der Waals surface area contributed by atoms with E-state index in [2.05, 4.69) is 30.9 Å². The molecule has 3 heterocycles. The molecule has 162 valence electrons. The van der Waals surface area contributed by atoms with Crippen LogP contribution in [0.25, 0.3) is 11.1 Å². The molecule has 0 spiro atoms. The largest absolute Gasteiger partial charge is 0.453 e. The van der Waals surface area contributed by atoms with Crippen LogP contribution in [0.2, 0.25) is 0 Å². The molecule has 0 radical (unpaired) electrons. The number of methoxy groups -OCH3 is 1. The van der Waals surface area contributed by atoms with Gasteiger partial charge < -0.3 is 19.1 Å². The molecular weight excluding hydrogens is 384 g/mol. The van der Waals surface area contributed by atoms with Gasteiger partial charge in [0, 0.05) is 37.8 Å². The van der Waals surface area contributed by atoms with Gasteiger partial charge in [0.2, 0.25) is 0 Å². The molecule has 4 rings (SSSR count). The first-order valence-electron chi connectivity index (χ1n) is 10.7. The fourth-order valence-corrected chi connectivity index (χ4v) is 4.01. The number of nitrogens with zero attached hydrogens (tertiary/aromatic N) is 4. The lowest BCUT2D eigenvalue weighted by atomic mass is 9.89. The summed E-state index contributed by atoms with van der Waals surface area (Å²) in [5.41, 5.74) is 2.77. The Kier molecular flexibility index (Phi) is 5.42. The van der Waals surface area contributed by atoms with Crippen molar-refractivity contribution in [3.05, 3.63) is 23.0 Å². The standard InChI is InChI=1S/C22H30N4O4/c1-22(2,3)13-17-18-15(12-16(14-6-7-14)23-19(18)30-24-17)20(27)25-8-5-9-26(11-10-25)21(28)29-4/h12,14H,5-11,13H2,1-4H3. The molecule has 30 heavy (non-hydrogen) atoms. The first-order chi connectivity index (χ1) is 14.3. The van der Waals surface area contributed by atoms with Crippen LogP contribution >= 0.6 is 0 Å². The lowest BCUT2D eigenvalue weighted by Gasteiger charge is -2.22. The molecule has 0 atom stereocenters. The van der Waals surface area contributed by atoms with E-state index in [-0.39, 0.29) is 17.4 Å². The number of ether oxygens (including phenoxy) is 1. The number of hydrogen-bond acceptors (Lipinski definition) is 6. The van der Waals surface area contributed by atoms with Crippen LogP contribution in [0.15, 0.2) is 10.6 Å². The Morgan fingerprint density at radius 2 is 1.87 bits per heavy atom. The second-order valence-corrected chi connectivity index (χ2v) is 9.52. The fourth-order valence-electron chi connectivity index (χ4n) is 4.01. The van der Waals surface area contributed by atoms with Crippen LogP contribution in [0.4, 0.5) is 4.79 Å². The highest BCUT2D eigenvalue weighted by Gasteiger charge is 2.32. The minimum atomic E-state index is -0.349. The van der Waals surface area contributed by atoms with Crippen LogP contribution in [0.1, 0.15) is 67.7 Å². The van der Waals surface area contributed by atoms with Gasteiger partial charge in [-0.3, -0.25) is 4.79 Å². The van der Waals surface area contributed by atoms with Crippen molar-refractivity contribution in [2.45, 2.75) is 52.4 Å². The minimum absolute atomic E-state index is 0.00288. The van der Waals surface area contributed by atoms with Crippen LogP contribution in [-0.2, 0) is 11.2 Å². The molecule has 1 saturated heterocycles. The van der Waals surface area contributed by atoms with Gasteiger partial charge in [-0.15, -0.1) is 0 Å². The highest BCUT2D eigenvalue weighted by molar-refractivity contribution is 6.06. The van der Waals surface area contributed by atoms with Gasteiger partial charge in [-0.25, -0.2) is 9.78 Å². The zero-order chi connectivity index (χ0) is 21.5. The first kappa shape index (κ1) is 20.6. The average molecular weight is 415 g/mol. The summed E-state index contributed by atoms with van der Waals surface area (Å²) in [6.45, 7) is 8.51. The maximum absolute atomic E-state index is 13.6. The third-order valence-corrected chi connectivity index (χ3v) is 5.68. The Labute approximate surface area is 176 Å². The second kappa shape index (κ2) is 7.89. The average Bonchev–Trinajstić information content (AvgIpc) is 3.51. The topological polar surface area (TPSA) is 88.8 Å². The molecule has 1 aliphatic heterocycles. The Morgan fingerprint density at radius 3 is 2.53 bits per heavy atom. The zero-order valence-corrected chi connectivity index (χ0v) is 18.2. The summed E-state index contributed by atoms with van der Waals surface area (Å²) in [5, 5.41) is 5.01. The molecule has 8 nitrogen and oxygen atoms in total. The van der Waals surface area contributed by atoms with E-state index in [1.165, 1.54) is 7.11 Å². The predicted octanol–water partition coefficient (Wildman–Crippen LogP) is 3.60. The minimum Gasteiger partial charge on any atom is -0.453 e. The molecule has 2 aliphatic rings. The molecule has 0 N–H and O–H groups in total. The second-order valence-electron chi connectivity index (χ2n) is 9.52. The highest BCUT2D eigenvalue weighted by Crippen LogP contribution is 2.41. The van der Waals surface area contributed by atoms with E-state index in [4.69, 9.17) is 9.26 Å². The Balaban J connectivity index is 1.68. The first-order valence-corrected chi connectivity index (χ1v) is 10.7. The summed E-state index contributed by atoms with van der Waals surface area (Å²) in [7, 11) is 1.38. The Morgan fingerprint density at radius 1 is 1.17 bits per heavy atom. The molecule has 2 aromatic heterocycles. The van der Waals surface area contributed by atoms with Crippen LogP contribution in [-0.4, -0.2) is 65.2 Å². The lowest BCUT2D eigenvalue weighted by Crippen LogP contribution is -2.37. The molecule has 8 heteroatoms. The third-order valence-electron chi connectivity index (χ3n) is 5.68. The van der Waals surface area contributed by atoms with Crippen LogP contribution in [0, 0.1) is 5.41 Å². The van der Waals surface area contributed by atoms with E-state index in [1.807, 2.05) is 11.0 Å². The van der Waals surface area contributed by atoms with E-state index in [0.717, 1.165) is 29.6 Å². The van der Waals surface area contributed by atoms with E-state index in [0.29, 0.717) is 56.2 Å². The van der Waals surface area contributed by atoms with Gasteiger partial charge in [-0.2, -0.15) is 0 Å². The van der Waals surface area contributed by atoms with Crippen molar-refractivity contribution in [2.24, 2.45) is 5.41 Å². The molecule has 0 unspecified atom stereocenters. The van der Waals surface area contributed by atoms with Crippen LogP contribution in [0.3, 0.4) is 0 Å². The van der Waals surface area contributed by atoms with Gasteiger partial charge in [0.25, 0.3) is 11.6 Å². The molecular formula is C22H30N4O4. The fraction of sp³-hybridized carbons (Fsp3) is 0.636. The lowest BCUT2D eigenvalue weighted by molar-refractivity contribution is 0.0759. The summed E-state index contributed by atoms with van der Waals surface area (Å²) >= 11 is 0. The molecule has 2 amide bonds. The molecule has 1 aliphatic carbocycles. The quantitative estimate of drug-likeness (QED) is 0.762. The molecule has 1 saturated carbocycles. The monoisotopic (exact) mass is 414 g/mol. The van der Waals surface area contributed by atoms with Crippen molar-refractivity contribution in [3.63, 3.8) is 0 Å². The number of hydrogen-bond donors (Lipinski definition) is 0. The maximum Gasteiger partial charge on any atom is 0.409 e. The number of carbonyl (C=O) groups excluding carboxylic acids is 2. The van der Waals surface area contributed by atoms with Crippen molar-refractivity contribution in [3.8, 4) is 0 Å². The SMILES string of the molecule is COC(=O)N1CCCN(C(=O)c2cc(C3CC3)nc3onc(CC(C)(C)C)c23)CC1.